The fraction of sp³-hybridized carbons (Fsp3) is 0.0811. The van der Waals surface area contributed by atoms with Crippen molar-refractivity contribution in [3.8, 4) is 11.1 Å². The molecule has 0 bridgehead atoms. The van der Waals surface area contributed by atoms with E-state index in [2.05, 4.69) is 157 Å². The molecule has 38 heavy (non-hydrogen) atoms. The molecular weight excluding hydrogens is 458 g/mol. The summed E-state index contributed by atoms with van der Waals surface area (Å²) in [4.78, 5) is 2.39. The van der Waals surface area contributed by atoms with Crippen LogP contribution in [0.4, 0.5) is 17.1 Å². The Morgan fingerprint density at radius 3 is 2.00 bits per heavy atom. The van der Waals surface area contributed by atoms with Gasteiger partial charge in [0, 0.05) is 16.8 Å². The second kappa shape index (κ2) is 10.8. The molecule has 0 saturated heterocycles. The zero-order valence-corrected chi connectivity index (χ0v) is 21.7. The second-order valence-corrected chi connectivity index (χ2v) is 9.91. The van der Waals surface area contributed by atoms with Crippen LogP contribution in [0.5, 0.6) is 0 Å². The summed E-state index contributed by atoms with van der Waals surface area (Å²) in [6, 6.07) is 52.6. The fourth-order valence-corrected chi connectivity index (χ4v) is 5.25. The minimum Gasteiger partial charge on any atom is -0.310 e. The zero-order chi connectivity index (χ0) is 25.7. The van der Waals surface area contributed by atoms with Gasteiger partial charge in [-0.2, -0.15) is 0 Å². The molecule has 0 spiro atoms. The molecule has 0 aliphatic carbocycles. The normalized spacial score (nSPS) is 11.0. The fourth-order valence-electron chi connectivity index (χ4n) is 5.25. The van der Waals surface area contributed by atoms with E-state index in [-0.39, 0.29) is 0 Å². The first-order chi connectivity index (χ1) is 18.7. The van der Waals surface area contributed by atoms with E-state index in [9.17, 15) is 0 Å². The van der Waals surface area contributed by atoms with Crippen molar-refractivity contribution in [2.24, 2.45) is 0 Å². The van der Waals surface area contributed by atoms with Gasteiger partial charge in [-0.3, -0.25) is 0 Å². The largest absolute Gasteiger partial charge is 0.310 e. The van der Waals surface area contributed by atoms with Crippen LogP contribution in [-0.2, 0) is 12.8 Å². The van der Waals surface area contributed by atoms with E-state index >= 15 is 0 Å². The lowest BCUT2D eigenvalue weighted by Gasteiger charge is -2.27. The van der Waals surface area contributed by atoms with Gasteiger partial charge in [0.05, 0.1) is 5.69 Å². The zero-order valence-electron chi connectivity index (χ0n) is 21.7. The van der Waals surface area contributed by atoms with Crippen molar-refractivity contribution in [3.63, 3.8) is 0 Å². The SMILES string of the molecule is Cc1cccc(CCc2ccc(N(c3cccc(-c4ccccc4)c3)c3cccc4ccccc34)cc2)c1. The molecule has 0 aromatic heterocycles. The third-order valence-electron chi connectivity index (χ3n) is 7.20. The molecular formula is C37H31N. The van der Waals surface area contributed by atoms with Crippen molar-refractivity contribution in [3.05, 3.63) is 162 Å². The topological polar surface area (TPSA) is 3.24 Å². The van der Waals surface area contributed by atoms with E-state index in [1.807, 2.05) is 0 Å². The van der Waals surface area contributed by atoms with Crippen LogP contribution in [0.3, 0.4) is 0 Å². The summed E-state index contributed by atoms with van der Waals surface area (Å²) in [5.74, 6) is 0. The molecule has 0 N–H and O–H groups in total. The Balaban J connectivity index is 1.39. The van der Waals surface area contributed by atoms with Crippen LogP contribution in [-0.4, -0.2) is 0 Å². The van der Waals surface area contributed by atoms with E-state index in [4.69, 9.17) is 0 Å². The number of nitrogens with zero attached hydrogens (tertiary/aromatic N) is 1. The van der Waals surface area contributed by atoms with Crippen LogP contribution in [0.2, 0.25) is 0 Å². The highest BCUT2D eigenvalue weighted by molar-refractivity contribution is 5.99. The molecule has 1 heteroatoms. The highest BCUT2D eigenvalue weighted by atomic mass is 15.1. The smallest absolute Gasteiger partial charge is 0.0540 e. The molecule has 6 aromatic rings. The lowest BCUT2D eigenvalue weighted by molar-refractivity contribution is 0.958. The van der Waals surface area contributed by atoms with E-state index in [1.54, 1.807) is 0 Å². The minimum atomic E-state index is 1.03. The van der Waals surface area contributed by atoms with Gasteiger partial charge in [0.2, 0.25) is 0 Å². The molecule has 0 heterocycles. The summed E-state index contributed by atoms with van der Waals surface area (Å²) in [6.45, 7) is 2.16. The van der Waals surface area contributed by atoms with E-state index in [0.717, 1.165) is 24.2 Å². The standard InChI is InChI=1S/C37H31N/c1-28-10-7-11-30(26-28)21-20-29-22-24-34(25-23-29)38(37-19-9-15-32-14-5-6-18-36(32)37)35-17-8-16-33(27-35)31-12-3-2-4-13-31/h2-19,22-27H,20-21H2,1H3. The molecule has 0 saturated carbocycles. The summed E-state index contributed by atoms with van der Waals surface area (Å²) < 4.78 is 0. The van der Waals surface area contributed by atoms with Crippen LogP contribution in [0.25, 0.3) is 21.9 Å². The summed E-state index contributed by atoms with van der Waals surface area (Å²) >= 11 is 0. The molecule has 0 atom stereocenters. The quantitative estimate of drug-likeness (QED) is 0.216. The first-order valence-corrected chi connectivity index (χ1v) is 13.3. The Kier molecular flexibility index (Phi) is 6.74. The molecule has 1 nitrogen and oxygen atoms in total. The summed E-state index contributed by atoms with van der Waals surface area (Å²) in [5.41, 5.74) is 9.99. The number of anilines is 3. The molecule has 6 aromatic carbocycles. The number of rotatable bonds is 7. The molecule has 184 valence electrons. The van der Waals surface area contributed by atoms with Gasteiger partial charge in [0.25, 0.3) is 0 Å². The van der Waals surface area contributed by atoms with E-state index in [1.165, 1.54) is 44.3 Å². The lowest BCUT2D eigenvalue weighted by Crippen LogP contribution is -2.10. The molecule has 0 unspecified atom stereocenters. The van der Waals surface area contributed by atoms with Crippen molar-refractivity contribution in [1.82, 2.24) is 0 Å². The maximum Gasteiger partial charge on any atom is 0.0540 e. The highest BCUT2D eigenvalue weighted by Gasteiger charge is 2.16. The summed E-state index contributed by atoms with van der Waals surface area (Å²) in [6.07, 6.45) is 2.08. The van der Waals surface area contributed by atoms with Gasteiger partial charge in [-0.1, -0.05) is 121 Å². The number of aryl methyl sites for hydroxylation is 3. The Morgan fingerprint density at radius 2 is 1.16 bits per heavy atom. The number of hydrogen-bond acceptors (Lipinski definition) is 1. The lowest BCUT2D eigenvalue weighted by atomic mass is 10.0. The van der Waals surface area contributed by atoms with Crippen molar-refractivity contribution in [2.75, 3.05) is 4.90 Å². The Labute approximate surface area is 225 Å². The van der Waals surface area contributed by atoms with Gasteiger partial charge in [0.15, 0.2) is 0 Å². The Morgan fingerprint density at radius 1 is 0.474 bits per heavy atom. The van der Waals surface area contributed by atoms with E-state index in [0.29, 0.717) is 0 Å². The minimum absolute atomic E-state index is 1.03. The molecule has 0 radical (unpaired) electrons. The van der Waals surface area contributed by atoms with Crippen LogP contribution in [0, 0.1) is 6.92 Å². The highest BCUT2D eigenvalue weighted by Crippen LogP contribution is 2.40. The number of benzene rings is 6. The second-order valence-electron chi connectivity index (χ2n) is 9.91. The van der Waals surface area contributed by atoms with Gasteiger partial charge in [-0.05, 0) is 77.7 Å². The third-order valence-corrected chi connectivity index (χ3v) is 7.20. The van der Waals surface area contributed by atoms with E-state index < -0.39 is 0 Å². The van der Waals surface area contributed by atoms with Gasteiger partial charge >= 0.3 is 0 Å². The number of hydrogen-bond donors (Lipinski definition) is 0. The van der Waals surface area contributed by atoms with Crippen molar-refractivity contribution in [2.45, 2.75) is 19.8 Å². The van der Waals surface area contributed by atoms with Crippen molar-refractivity contribution < 1.29 is 0 Å². The van der Waals surface area contributed by atoms with Gasteiger partial charge in [-0.15, -0.1) is 0 Å². The molecule has 6 rings (SSSR count). The maximum absolute atomic E-state index is 2.39. The average Bonchev–Trinajstić information content (AvgIpc) is 2.98. The monoisotopic (exact) mass is 489 g/mol. The summed E-state index contributed by atoms with van der Waals surface area (Å²) in [7, 11) is 0. The molecule has 0 amide bonds. The first-order valence-electron chi connectivity index (χ1n) is 13.3. The van der Waals surface area contributed by atoms with Crippen LogP contribution in [0.15, 0.2) is 146 Å². The van der Waals surface area contributed by atoms with Crippen molar-refractivity contribution >= 4 is 27.8 Å². The predicted molar refractivity (Wildman–Crippen MR) is 163 cm³/mol. The van der Waals surface area contributed by atoms with Gasteiger partial charge in [-0.25, -0.2) is 0 Å². The van der Waals surface area contributed by atoms with Crippen LogP contribution < -0.4 is 4.90 Å². The first kappa shape index (κ1) is 23.8. The molecule has 0 aliphatic rings. The molecule has 0 aliphatic heterocycles. The third kappa shape index (κ3) is 5.10. The van der Waals surface area contributed by atoms with Gasteiger partial charge < -0.3 is 4.90 Å². The average molecular weight is 490 g/mol. The maximum atomic E-state index is 2.39. The predicted octanol–water partition coefficient (Wildman–Crippen LogP) is 10.1. The molecule has 0 fully saturated rings. The van der Waals surface area contributed by atoms with Crippen LogP contribution in [0.1, 0.15) is 16.7 Å². The van der Waals surface area contributed by atoms with Crippen molar-refractivity contribution in [1.29, 1.82) is 0 Å². The van der Waals surface area contributed by atoms with Crippen LogP contribution >= 0.6 is 0 Å². The number of fused-ring (bicyclic) bond motifs is 1. The Hall–Kier alpha value is -4.62. The Bertz CT molecular complexity index is 1660. The summed E-state index contributed by atoms with van der Waals surface area (Å²) in [5, 5.41) is 2.48. The van der Waals surface area contributed by atoms with Gasteiger partial charge in [0.1, 0.15) is 0 Å².